The van der Waals surface area contributed by atoms with E-state index in [1.165, 1.54) is 5.56 Å². The Bertz CT molecular complexity index is 1330. The number of hydrogen-bond donors (Lipinski definition) is 2. The van der Waals surface area contributed by atoms with Crippen LogP contribution in [0.25, 0.3) is 23.4 Å². The van der Waals surface area contributed by atoms with Crippen LogP contribution in [0.5, 0.6) is 5.75 Å². The molecular weight excluding hydrogens is 410 g/mol. The van der Waals surface area contributed by atoms with Crippen molar-refractivity contribution in [3.05, 3.63) is 107 Å². The summed E-state index contributed by atoms with van der Waals surface area (Å²) in [5.74, 6) is 0.863. The smallest absolute Gasteiger partial charge is 0.359 e. The number of hydrogen-bond acceptors (Lipinski definition) is 4. The van der Waals surface area contributed by atoms with Gasteiger partial charge in [-0.2, -0.15) is 4.57 Å². The van der Waals surface area contributed by atoms with E-state index in [4.69, 9.17) is 4.98 Å². The number of aromatic nitrogens is 2. The van der Waals surface area contributed by atoms with E-state index in [1.807, 2.05) is 42.5 Å². The molecule has 0 spiro atoms. The van der Waals surface area contributed by atoms with Gasteiger partial charge in [0.25, 0.3) is 0 Å². The molecule has 1 aliphatic rings. The SMILES string of the molecule is Cc1ccc(CC2Nc3c(/C=C\c4ccccc4)nc(-c4ccc(O)cc4)c[n+]3C2=O)cc1. The molecule has 1 aromatic heterocycles. The first-order valence-corrected chi connectivity index (χ1v) is 10.9. The molecule has 0 bridgehead atoms. The number of phenolic OH excluding ortho intramolecular Hbond substituents is 1. The zero-order valence-electron chi connectivity index (χ0n) is 18.3. The minimum Gasteiger partial charge on any atom is -0.508 e. The molecular formula is C28H24N3O2+. The lowest BCUT2D eigenvalue weighted by atomic mass is 10.0. The summed E-state index contributed by atoms with van der Waals surface area (Å²) in [5, 5.41) is 13.1. The predicted octanol–water partition coefficient (Wildman–Crippen LogP) is 4.90. The van der Waals surface area contributed by atoms with Gasteiger partial charge in [0.05, 0.1) is 0 Å². The maximum atomic E-state index is 13.3. The minimum absolute atomic E-state index is 0.0117. The number of aryl methyl sites for hydroxylation is 1. The summed E-state index contributed by atoms with van der Waals surface area (Å²) in [4.78, 5) is 18.2. The van der Waals surface area contributed by atoms with Crippen molar-refractivity contribution in [1.29, 1.82) is 0 Å². The van der Waals surface area contributed by atoms with Gasteiger partial charge in [-0.3, -0.25) is 5.32 Å². The molecule has 5 heteroatoms. The van der Waals surface area contributed by atoms with E-state index in [0.29, 0.717) is 23.6 Å². The quantitative estimate of drug-likeness (QED) is 0.439. The first-order chi connectivity index (χ1) is 16.1. The second-order valence-electron chi connectivity index (χ2n) is 8.25. The van der Waals surface area contributed by atoms with E-state index in [-0.39, 0.29) is 17.7 Å². The lowest BCUT2D eigenvalue weighted by molar-refractivity contribution is -0.552. The normalized spacial score (nSPS) is 14.9. The zero-order valence-corrected chi connectivity index (χ0v) is 18.3. The maximum Gasteiger partial charge on any atom is 0.359 e. The molecule has 0 radical (unpaired) electrons. The fourth-order valence-corrected chi connectivity index (χ4v) is 3.96. The highest BCUT2D eigenvalue weighted by Gasteiger charge is 2.40. The number of rotatable bonds is 5. The molecule has 1 aliphatic heterocycles. The minimum atomic E-state index is -0.367. The third-order valence-corrected chi connectivity index (χ3v) is 5.78. The number of nitrogens with one attached hydrogen (secondary N) is 1. The van der Waals surface area contributed by atoms with E-state index in [2.05, 4.69) is 36.5 Å². The van der Waals surface area contributed by atoms with Gasteiger partial charge < -0.3 is 5.11 Å². The van der Waals surface area contributed by atoms with Crippen LogP contribution in [0.15, 0.2) is 85.1 Å². The number of fused-ring (bicyclic) bond motifs is 1. The lowest BCUT2D eigenvalue weighted by Crippen LogP contribution is -2.44. The van der Waals surface area contributed by atoms with Crippen molar-refractivity contribution in [3.63, 3.8) is 0 Å². The average molecular weight is 435 g/mol. The highest BCUT2D eigenvalue weighted by atomic mass is 16.3. The van der Waals surface area contributed by atoms with Crippen LogP contribution in [0.2, 0.25) is 0 Å². The molecule has 1 unspecified atom stereocenters. The van der Waals surface area contributed by atoms with Crippen LogP contribution in [0.1, 0.15) is 27.2 Å². The Morgan fingerprint density at radius 1 is 0.970 bits per heavy atom. The third kappa shape index (κ3) is 4.39. The summed E-state index contributed by atoms with van der Waals surface area (Å²) in [5.41, 5.74) is 5.52. The largest absolute Gasteiger partial charge is 0.508 e. The Kier molecular flexibility index (Phi) is 5.45. The number of carbonyl (C=O) groups is 1. The average Bonchev–Trinajstić information content (AvgIpc) is 3.15. The predicted molar refractivity (Wildman–Crippen MR) is 130 cm³/mol. The highest BCUT2D eigenvalue weighted by Crippen LogP contribution is 2.25. The van der Waals surface area contributed by atoms with Crippen LogP contribution in [0, 0.1) is 6.92 Å². The topological polar surface area (TPSA) is 66.1 Å². The summed E-state index contributed by atoms with van der Waals surface area (Å²) in [7, 11) is 0. The number of benzene rings is 3. The number of phenols is 1. The Hall–Kier alpha value is -4.25. The molecule has 162 valence electrons. The van der Waals surface area contributed by atoms with Crippen LogP contribution in [0.3, 0.4) is 0 Å². The number of aromatic hydroxyl groups is 1. The molecule has 33 heavy (non-hydrogen) atoms. The molecule has 4 aromatic rings. The van der Waals surface area contributed by atoms with Crippen molar-refractivity contribution < 1.29 is 14.5 Å². The molecule has 0 saturated heterocycles. The highest BCUT2D eigenvalue weighted by molar-refractivity contribution is 5.85. The third-order valence-electron chi connectivity index (χ3n) is 5.78. The lowest BCUT2D eigenvalue weighted by Gasteiger charge is -2.05. The van der Waals surface area contributed by atoms with Crippen LogP contribution in [-0.2, 0) is 6.42 Å². The van der Waals surface area contributed by atoms with Gasteiger partial charge >= 0.3 is 11.7 Å². The van der Waals surface area contributed by atoms with Gasteiger partial charge in [-0.1, -0.05) is 66.2 Å². The van der Waals surface area contributed by atoms with E-state index in [0.717, 1.165) is 16.7 Å². The second-order valence-corrected chi connectivity index (χ2v) is 8.25. The van der Waals surface area contributed by atoms with Gasteiger partial charge in [0, 0.05) is 12.0 Å². The van der Waals surface area contributed by atoms with Crippen LogP contribution in [0.4, 0.5) is 5.82 Å². The summed E-state index contributed by atoms with van der Waals surface area (Å²) in [6.07, 6.45) is 6.28. The van der Waals surface area contributed by atoms with Gasteiger partial charge in [-0.25, -0.2) is 9.78 Å². The van der Waals surface area contributed by atoms with Gasteiger partial charge in [0.2, 0.25) is 0 Å². The van der Waals surface area contributed by atoms with Crippen molar-refractivity contribution in [3.8, 4) is 17.0 Å². The molecule has 1 atom stereocenters. The fourth-order valence-electron chi connectivity index (χ4n) is 3.96. The Morgan fingerprint density at radius 2 is 1.70 bits per heavy atom. The number of carbonyl (C=O) groups excluding carboxylic acids is 1. The number of nitrogens with zero attached hydrogens (tertiary/aromatic N) is 2. The molecule has 2 heterocycles. The standard InChI is InChI=1S/C28H23N3O2/c1-19-7-9-21(10-8-19)17-25-28(33)31-18-26(22-12-14-23(32)15-13-22)29-24(27(31)30-25)16-11-20-5-3-2-4-6-20/h2-16,18,25,32H,17H2,1H3/p+1/b16-11-. The van der Waals surface area contributed by atoms with Crippen LogP contribution < -0.4 is 9.88 Å². The number of anilines is 1. The van der Waals surface area contributed by atoms with E-state index >= 15 is 0 Å². The summed E-state index contributed by atoms with van der Waals surface area (Å²) >= 11 is 0. The van der Waals surface area contributed by atoms with Gasteiger partial charge in [0.15, 0.2) is 11.7 Å². The second kappa shape index (κ2) is 8.71. The summed E-state index contributed by atoms with van der Waals surface area (Å²) in [6, 6.07) is 24.7. The van der Waals surface area contributed by atoms with Gasteiger partial charge in [0.1, 0.15) is 17.6 Å². The first-order valence-electron chi connectivity index (χ1n) is 10.9. The summed E-state index contributed by atoms with van der Waals surface area (Å²) < 4.78 is 1.67. The maximum absolute atomic E-state index is 13.3. The van der Waals surface area contributed by atoms with Crippen LogP contribution >= 0.6 is 0 Å². The van der Waals surface area contributed by atoms with Crippen molar-refractivity contribution in [2.75, 3.05) is 5.32 Å². The molecule has 0 fully saturated rings. The van der Waals surface area contributed by atoms with E-state index in [9.17, 15) is 9.90 Å². The molecule has 0 saturated carbocycles. The Balaban J connectivity index is 1.54. The first kappa shape index (κ1) is 20.6. The fraction of sp³-hybridized carbons (Fsp3) is 0.107. The molecule has 3 aromatic carbocycles. The van der Waals surface area contributed by atoms with Gasteiger partial charge in [-0.05, 0) is 48.4 Å². The molecule has 0 aliphatic carbocycles. The molecule has 5 nitrogen and oxygen atoms in total. The van der Waals surface area contributed by atoms with E-state index in [1.54, 1.807) is 35.0 Å². The van der Waals surface area contributed by atoms with Crippen molar-refractivity contribution in [1.82, 2.24) is 4.98 Å². The summed E-state index contributed by atoms with van der Waals surface area (Å²) in [6.45, 7) is 2.05. The molecule has 2 N–H and O–H groups in total. The van der Waals surface area contributed by atoms with Crippen molar-refractivity contribution >= 4 is 23.9 Å². The molecule has 5 rings (SSSR count). The monoisotopic (exact) mass is 434 g/mol. The Morgan fingerprint density at radius 3 is 2.42 bits per heavy atom. The van der Waals surface area contributed by atoms with Crippen molar-refractivity contribution in [2.45, 2.75) is 19.4 Å². The van der Waals surface area contributed by atoms with Gasteiger partial charge in [-0.15, -0.1) is 0 Å². The van der Waals surface area contributed by atoms with E-state index < -0.39 is 0 Å². The zero-order chi connectivity index (χ0) is 22.8. The van der Waals surface area contributed by atoms with Crippen LogP contribution in [-0.4, -0.2) is 22.0 Å². The Labute approximate surface area is 192 Å². The van der Waals surface area contributed by atoms with Crippen molar-refractivity contribution in [2.24, 2.45) is 0 Å². The molecule has 0 amide bonds.